The van der Waals surface area contributed by atoms with Crippen LogP contribution >= 0.6 is 22.6 Å². The van der Waals surface area contributed by atoms with Gasteiger partial charge in [0.05, 0.1) is 0 Å². The van der Waals surface area contributed by atoms with E-state index in [0.717, 1.165) is 5.56 Å². The zero-order valence-corrected chi connectivity index (χ0v) is 9.22. The van der Waals surface area contributed by atoms with Crippen LogP contribution in [0.5, 0.6) is 0 Å². The van der Waals surface area contributed by atoms with Gasteiger partial charge < -0.3 is 0 Å². The van der Waals surface area contributed by atoms with Crippen molar-refractivity contribution in [1.82, 2.24) is 0 Å². The smallest absolute Gasteiger partial charge is 0.191 e. The van der Waals surface area contributed by atoms with Gasteiger partial charge in [-0.05, 0) is 47.2 Å². The first-order valence-corrected chi connectivity index (χ1v) is 5.62. The van der Waals surface area contributed by atoms with Crippen molar-refractivity contribution >= 4 is 32.7 Å². The van der Waals surface area contributed by atoms with Crippen LogP contribution in [0.3, 0.4) is 0 Å². The van der Waals surface area contributed by atoms with Gasteiger partial charge >= 0.3 is 10.1 Å². The Morgan fingerprint density at radius 1 is 1.33 bits per heavy atom. The van der Waals surface area contributed by atoms with Crippen LogP contribution < -0.4 is 0 Å². The summed E-state index contributed by atoms with van der Waals surface area (Å²) < 4.78 is 32.3. The highest BCUT2D eigenvalue weighted by molar-refractivity contribution is 14.1. The van der Waals surface area contributed by atoms with Crippen molar-refractivity contribution in [3.05, 3.63) is 27.3 Å². The zero-order valence-electron chi connectivity index (χ0n) is 6.24. The molecular weight excluding hydrogens is 291 g/mol. The van der Waals surface area contributed by atoms with Gasteiger partial charge in [-0.2, -0.15) is 8.42 Å². The summed E-state index contributed by atoms with van der Waals surface area (Å²) in [7, 11) is -4.31. The van der Waals surface area contributed by atoms with Crippen LogP contribution in [-0.4, -0.2) is 8.42 Å². The average molecular weight is 297 g/mol. The first-order chi connectivity index (χ1) is 5.41. The standard InChI is InChI=1S/C7H6IO3S/c1-5-2-3-7(6(8)4-5)12(9,10)11/h2-4H,1H3. The summed E-state index contributed by atoms with van der Waals surface area (Å²) in [6, 6.07) is 4.59. The molecule has 3 nitrogen and oxygen atoms in total. The van der Waals surface area contributed by atoms with Crippen LogP contribution in [-0.2, 0) is 14.7 Å². The summed E-state index contributed by atoms with van der Waals surface area (Å²) >= 11 is 1.83. The van der Waals surface area contributed by atoms with Crippen molar-refractivity contribution in [2.45, 2.75) is 11.8 Å². The molecule has 1 aromatic carbocycles. The lowest BCUT2D eigenvalue weighted by molar-refractivity contribution is 0.414. The molecule has 12 heavy (non-hydrogen) atoms. The molecule has 1 aromatic rings. The molecule has 0 aliphatic carbocycles. The topological polar surface area (TPSA) is 54.0 Å². The predicted octanol–water partition coefficient (Wildman–Crippen LogP) is 1.72. The summed E-state index contributed by atoms with van der Waals surface area (Å²) in [5.74, 6) is 0. The third-order valence-electron chi connectivity index (χ3n) is 1.36. The molecule has 0 heterocycles. The lowest BCUT2D eigenvalue weighted by Crippen LogP contribution is -1.98. The minimum atomic E-state index is -4.31. The Labute approximate surface area is 84.7 Å². The first-order valence-electron chi connectivity index (χ1n) is 3.13. The second kappa shape index (κ2) is 3.31. The van der Waals surface area contributed by atoms with E-state index in [1.165, 1.54) is 6.07 Å². The van der Waals surface area contributed by atoms with Gasteiger partial charge in [0.15, 0.2) is 0 Å². The Balaban J connectivity index is 3.39. The van der Waals surface area contributed by atoms with Gasteiger partial charge in [0.2, 0.25) is 0 Å². The first kappa shape index (κ1) is 9.94. The van der Waals surface area contributed by atoms with Crippen molar-refractivity contribution in [3.63, 3.8) is 0 Å². The number of aryl methyl sites for hydroxylation is 1. The molecule has 0 spiro atoms. The summed E-state index contributed by atoms with van der Waals surface area (Å²) in [6.07, 6.45) is 0. The summed E-state index contributed by atoms with van der Waals surface area (Å²) in [5.41, 5.74) is 0.937. The lowest BCUT2D eigenvalue weighted by atomic mass is 10.2. The van der Waals surface area contributed by atoms with Crippen molar-refractivity contribution < 1.29 is 13.0 Å². The third-order valence-corrected chi connectivity index (χ3v) is 3.51. The molecule has 0 atom stereocenters. The normalized spacial score (nSPS) is 11.6. The molecule has 0 aromatic heterocycles. The highest BCUT2D eigenvalue weighted by atomic mass is 127. The van der Waals surface area contributed by atoms with Gasteiger partial charge in [0, 0.05) is 3.57 Å². The van der Waals surface area contributed by atoms with E-state index < -0.39 is 10.1 Å². The van der Waals surface area contributed by atoms with Gasteiger partial charge in [-0.25, -0.2) is 0 Å². The zero-order chi connectivity index (χ0) is 9.35. The van der Waals surface area contributed by atoms with Crippen LogP contribution in [0.25, 0.3) is 0 Å². The minimum Gasteiger partial charge on any atom is -0.191 e. The monoisotopic (exact) mass is 297 g/mol. The van der Waals surface area contributed by atoms with E-state index >= 15 is 0 Å². The molecule has 0 unspecified atom stereocenters. The SMILES string of the molecule is Cc1ccc(S([O])(=O)=O)c(I)c1. The lowest BCUT2D eigenvalue weighted by Gasteiger charge is -1.99. The Morgan fingerprint density at radius 3 is 2.33 bits per heavy atom. The van der Waals surface area contributed by atoms with Crippen LogP contribution in [0.1, 0.15) is 5.56 Å². The van der Waals surface area contributed by atoms with Gasteiger partial charge in [-0.15, -0.1) is 0 Å². The maximum absolute atomic E-state index is 10.6. The van der Waals surface area contributed by atoms with Crippen LogP contribution in [0, 0.1) is 10.5 Å². The van der Waals surface area contributed by atoms with Gasteiger partial charge in [-0.1, -0.05) is 10.6 Å². The quantitative estimate of drug-likeness (QED) is 0.741. The Bertz CT molecular complexity index is 397. The molecule has 0 N–H and O–H groups in total. The fraction of sp³-hybridized carbons (Fsp3) is 0.143. The van der Waals surface area contributed by atoms with Gasteiger partial charge in [-0.3, -0.25) is 0 Å². The van der Waals surface area contributed by atoms with Crippen molar-refractivity contribution in [2.75, 3.05) is 0 Å². The largest absolute Gasteiger partial charge is 0.325 e. The van der Waals surface area contributed by atoms with E-state index in [-0.39, 0.29) is 4.90 Å². The van der Waals surface area contributed by atoms with Crippen LogP contribution in [0.2, 0.25) is 0 Å². The molecule has 0 aliphatic rings. The average Bonchev–Trinajstić information content (AvgIpc) is 1.83. The molecule has 5 heteroatoms. The summed E-state index contributed by atoms with van der Waals surface area (Å²) in [4.78, 5) is -0.145. The van der Waals surface area contributed by atoms with Crippen LogP contribution in [0.15, 0.2) is 23.1 Å². The van der Waals surface area contributed by atoms with Crippen molar-refractivity contribution in [1.29, 1.82) is 0 Å². The molecule has 65 valence electrons. The fourth-order valence-corrected chi connectivity index (χ4v) is 2.82. The number of rotatable bonds is 1. The summed E-state index contributed by atoms with van der Waals surface area (Å²) in [6.45, 7) is 1.84. The molecular formula is C7H6IO3S. The van der Waals surface area contributed by atoms with E-state index in [1.54, 1.807) is 12.1 Å². The third kappa shape index (κ3) is 2.18. The van der Waals surface area contributed by atoms with E-state index in [2.05, 4.69) is 0 Å². The number of hydrogen-bond acceptors (Lipinski definition) is 2. The molecule has 0 amide bonds. The second-order valence-corrected chi connectivity index (χ2v) is 4.90. The number of benzene rings is 1. The highest BCUT2D eigenvalue weighted by Gasteiger charge is 2.14. The maximum atomic E-state index is 10.6. The second-order valence-electron chi connectivity index (χ2n) is 2.39. The van der Waals surface area contributed by atoms with E-state index in [1.807, 2.05) is 29.5 Å². The van der Waals surface area contributed by atoms with E-state index in [4.69, 9.17) is 0 Å². The molecule has 1 radical (unpaired) electrons. The molecule has 0 saturated carbocycles. The number of hydrogen-bond donors (Lipinski definition) is 0. The van der Waals surface area contributed by atoms with Crippen LogP contribution in [0.4, 0.5) is 0 Å². The van der Waals surface area contributed by atoms with Crippen molar-refractivity contribution in [3.8, 4) is 0 Å². The van der Waals surface area contributed by atoms with Crippen molar-refractivity contribution in [2.24, 2.45) is 0 Å². The molecule has 0 bridgehead atoms. The Hall–Kier alpha value is -0.140. The Morgan fingerprint density at radius 2 is 1.92 bits per heavy atom. The molecule has 1 rings (SSSR count). The summed E-state index contributed by atoms with van der Waals surface area (Å²) in [5, 5.41) is 0. The predicted molar refractivity (Wildman–Crippen MR) is 51.8 cm³/mol. The minimum absolute atomic E-state index is 0.145. The molecule has 0 aliphatic heterocycles. The maximum Gasteiger partial charge on any atom is 0.325 e. The van der Waals surface area contributed by atoms with Gasteiger partial charge in [0.1, 0.15) is 4.90 Å². The molecule has 0 fully saturated rings. The van der Waals surface area contributed by atoms with E-state index in [9.17, 15) is 13.0 Å². The Kier molecular flexibility index (Phi) is 2.74. The fourth-order valence-electron chi connectivity index (χ4n) is 0.809. The van der Waals surface area contributed by atoms with Gasteiger partial charge in [0.25, 0.3) is 0 Å². The molecule has 0 saturated heterocycles. The highest BCUT2D eigenvalue weighted by Crippen LogP contribution is 2.18. The number of halogens is 1. The van der Waals surface area contributed by atoms with E-state index in [0.29, 0.717) is 3.57 Å².